The third-order valence-electron chi connectivity index (χ3n) is 3.39. The van der Waals surface area contributed by atoms with Crippen LogP contribution >= 0.6 is 38.5 Å². The minimum Gasteiger partial charge on any atom is -0.335 e. The number of rotatable bonds is 2. The molecule has 0 aliphatic carbocycles. The van der Waals surface area contributed by atoms with E-state index in [9.17, 15) is 4.79 Å². The van der Waals surface area contributed by atoms with Crippen molar-refractivity contribution in [2.24, 2.45) is 5.92 Å². The molecule has 1 aliphatic heterocycles. The quantitative estimate of drug-likeness (QED) is 0.542. The number of benzene rings is 1. The minimum atomic E-state index is 0.162. The zero-order chi connectivity index (χ0) is 12.4. The van der Waals surface area contributed by atoms with Crippen molar-refractivity contribution in [2.75, 3.05) is 11.9 Å². The van der Waals surface area contributed by atoms with Crippen molar-refractivity contribution in [1.29, 1.82) is 0 Å². The minimum absolute atomic E-state index is 0.162. The number of nitrogens with zero attached hydrogens (tertiary/aromatic N) is 1. The molecule has 4 heteroatoms. The largest absolute Gasteiger partial charge is 0.335 e. The van der Waals surface area contributed by atoms with Gasteiger partial charge in [0.15, 0.2) is 0 Å². The molecule has 2 unspecified atom stereocenters. The molecule has 0 radical (unpaired) electrons. The Hall–Kier alpha value is -0.100. The van der Waals surface area contributed by atoms with Crippen LogP contribution in [0.5, 0.6) is 0 Å². The lowest BCUT2D eigenvalue weighted by Crippen LogP contribution is -2.38. The number of carbonyl (C=O) groups is 1. The molecular weight excluding hydrogens is 393 g/mol. The van der Waals surface area contributed by atoms with Crippen molar-refractivity contribution in [1.82, 2.24) is 4.90 Å². The van der Waals surface area contributed by atoms with Gasteiger partial charge < -0.3 is 4.90 Å². The fourth-order valence-corrected chi connectivity index (χ4v) is 3.60. The van der Waals surface area contributed by atoms with Crippen LogP contribution in [0.4, 0.5) is 0 Å². The van der Waals surface area contributed by atoms with E-state index in [1.54, 1.807) is 0 Å². The Bertz CT molecular complexity index is 406. The van der Waals surface area contributed by atoms with E-state index in [4.69, 9.17) is 0 Å². The fraction of sp³-hybridized carbons (Fsp3) is 0.462. The number of carbonyl (C=O) groups excluding carboxylic acids is 1. The van der Waals surface area contributed by atoms with Gasteiger partial charge in [0.2, 0.25) is 0 Å². The summed E-state index contributed by atoms with van der Waals surface area (Å²) in [5, 5.41) is 0.865. The maximum Gasteiger partial charge on any atom is 0.254 e. The smallest absolute Gasteiger partial charge is 0.254 e. The molecule has 0 N–H and O–H groups in total. The van der Waals surface area contributed by atoms with E-state index in [0.717, 1.165) is 27.4 Å². The van der Waals surface area contributed by atoms with Crippen LogP contribution in [-0.4, -0.2) is 28.7 Å². The zero-order valence-electron chi connectivity index (χ0n) is 9.70. The predicted octanol–water partition coefficient (Wildman–Crippen LogP) is 3.54. The molecule has 0 saturated carbocycles. The van der Waals surface area contributed by atoms with Gasteiger partial charge in [-0.3, -0.25) is 4.79 Å². The Morgan fingerprint density at radius 2 is 2.12 bits per heavy atom. The van der Waals surface area contributed by atoms with Gasteiger partial charge in [-0.1, -0.05) is 22.9 Å². The number of likely N-dealkylation sites (tertiary alicyclic amines) is 1. The van der Waals surface area contributed by atoms with Crippen molar-refractivity contribution in [2.45, 2.75) is 19.4 Å². The summed E-state index contributed by atoms with van der Waals surface area (Å²) in [6.07, 6.45) is 1.10. The summed E-state index contributed by atoms with van der Waals surface area (Å²) in [7, 11) is 0. The van der Waals surface area contributed by atoms with E-state index < -0.39 is 0 Å². The first-order valence-corrected chi connectivity index (χ1v) is 7.96. The van der Waals surface area contributed by atoms with Gasteiger partial charge in [-0.15, -0.1) is 0 Å². The summed E-state index contributed by atoms with van der Waals surface area (Å²) in [4.78, 5) is 14.4. The average Bonchev–Trinajstić information content (AvgIpc) is 2.70. The molecule has 1 fully saturated rings. The van der Waals surface area contributed by atoms with Gasteiger partial charge >= 0.3 is 0 Å². The van der Waals surface area contributed by atoms with Crippen LogP contribution in [0.3, 0.4) is 0 Å². The maximum atomic E-state index is 12.4. The first kappa shape index (κ1) is 13.3. The fourth-order valence-electron chi connectivity index (χ4n) is 2.25. The van der Waals surface area contributed by atoms with E-state index in [1.807, 2.05) is 29.2 Å². The van der Waals surface area contributed by atoms with Crippen molar-refractivity contribution < 1.29 is 4.79 Å². The third kappa shape index (κ3) is 2.84. The number of alkyl halides is 1. The summed E-state index contributed by atoms with van der Waals surface area (Å²) in [6.45, 7) is 3.09. The third-order valence-corrected chi connectivity index (χ3v) is 4.78. The van der Waals surface area contributed by atoms with Crippen LogP contribution < -0.4 is 0 Å². The second kappa shape index (κ2) is 5.69. The molecule has 1 aliphatic rings. The van der Waals surface area contributed by atoms with Gasteiger partial charge in [0, 0.05) is 27.1 Å². The summed E-state index contributed by atoms with van der Waals surface area (Å²) in [6, 6.07) is 8.13. The number of halogens is 2. The van der Waals surface area contributed by atoms with Crippen molar-refractivity contribution in [3.63, 3.8) is 0 Å². The average molecular weight is 408 g/mol. The predicted molar refractivity (Wildman–Crippen MR) is 81.6 cm³/mol. The maximum absolute atomic E-state index is 12.4. The molecule has 2 rings (SSSR count). The van der Waals surface area contributed by atoms with Gasteiger partial charge in [-0.2, -0.15) is 0 Å². The van der Waals surface area contributed by atoms with E-state index in [2.05, 4.69) is 45.4 Å². The molecule has 0 aromatic heterocycles. The molecule has 2 nitrogen and oxygen atoms in total. The van der Waals surface area contributed by atoms with E-state index in [1.165, 1.54) is 0 Å². The van der Waals surface area contributed by atoms with E-state index in [0.29, 0.717) is 12.0 Å². The SMILES string of the molecule is CC1CCN(C(=O)c2ccc(I)cc2)C1CBr. The molecule has 1 aromatic rings. The molecule has 92 valence electrons. The van der Waals surface area contributed by atoms with Crippen LogP contribution in [0.1, 0.15) is 23.7 Å². The van der Waals surface area contributed by atoms with Crippen LogP contribution in [0.25, 0.3) is 0 Å². The Labute approximate surface area is 124 Å². The topological polar surface area (TPSA) is 20.3 Å². The number of amides is 1. The Morgan fingerprint density at radius 3 is 2.71 bits per heavy atom. The molecule has 1 amide bonds. The molecule has 2 atom stereocenters. The highest BCUT2D eigenvalue weighted by atomic mass is 127. The van der Waals surface area contributed by atoms with Gasteiger partial charge in [0.25, 0.3) is 5.91 Å². The first-order valence-electron chi connectivity index (χ1n) is 5.76. The van der Waals surface area contributed by atoms with Crippen molar-refractivity contribution in [3.05, 3.63) is 33.4 Å². The molecule has 0 spiro atoms. The Morgan fingerprint density at radius 1 is 1.47 bits per heavy atom. The Balaban J connectivity index is 2.17. The number of hydrogen-bond acceptors (Lipinski definition) is 1. The van der Waals surface area contributed by atoms with Gasteiger partial charge in [0.1, 0.15) is 0 Å². The van der Waals surface area contributed by atoms with E-state index in [-0.39, 0.29) is 5.91 Å². The lowest BCUT2D eigenvalue weighted by Gasteiger charge is -2.25. The zero-order valence-corrected chi connectivity index (χ0v) is 13.4. The molecule has 0 bridgehead atoms. The standard InChI is InChI=1S/C13H15BrINO/c1-9-6-7-16(12(9)8-14)13(17)10-2-4-11(15)5-3-10/h2-5,9,12H,6-8H2,1H3. The molecular formula is C13H15BrINO. The van der Waals surface area contributed by atoms with Crippen LogP contribution in [0.2, 0.25) is 0 Å². The van der Waals surface area contributed by atoms with Gasteiger partial charge in [-0.05, 0) is 59.2 Å². The van der Waals surface area contributed by atoms with Crippen LogP contribution in [-0.2, 0) is 0 Å². The van der Waals surface area contributed by atoms with Crippen LogP contribution in [0, 0.1) is 9.49 Å². The second-order valence-corrected chi connectivity index (χ2v) is 6.39. The monoisotopic (exact) mass is 407 g/mol. The van der Waals surface area contributed by atoms with Crippen molar-refractivity contribution >= 4 is 44.4 Å². The van der Waals surface area contributed by atoms with Crippen molar-refractivity contribution in [3.8, 4) is 0 Å². The highest BCUT2D eigenvalue weighted by molar-refractivity contribution is 14.1. The molecule has 17 heavy (non-hydrogen) atoms. The summed E-state index contributed by atoms with van der Waals surface area (Å²) in [5.41, 5.74) is 0.797. The summed E-state index contributed by atoms with van der Waals surface area (Å²) >= 11 is 5.76. The van der Waals surface area contributed by atoms with Crippen LogP contribution in [0.15, 0.2) is 24.3 Å². The van der Waals surface area contributed by atoms with Gasteiger partial charge in [0.05, 0.1) is 0 Å². The Kier molecular flexibility index (Phi) is 4.47. The lowest BCUT2D eigenvalue weighted by atomic mass is 10.0. The second-order valence-electron chi connectivity index (χ2n) is 4.49. The highest BCUT2D eigenvalue weighted by Gasteiger charge is 2.33. The lowest BCUT2D eigenvalue weighted by molar-refractivity contribution is 0.0738. The normalized spacial score (nSPS) is 24.1. The molecule has 1 aromatic carbocycles. The number of hydrogen-bond donors (Lipinski definition) is 0. The van der Waals surface area contributed by atoms with E-state index >= 15 is 0 Å². The first-order chi connectivity index (χ1) is 8.13. The molecule has 1 saturated heterocycles. The molecule has 1 heterocycles. The summed E-state index contributed by atoms with van der Waals surface area (Å²) < 4.78 is 1.16. The highest BCUT2D eigenvalue weighted by Crippen LogP contribution is 2.27. The summed E-state index contributed by atoms with van der Waals surface area (Å²) in [5.74, 6) is 0.748. The van der Waals surface area contributed by atoms with Gasteiger partial charge in [-0.25, -0.2) is 0 Å².